The highest BCUT2D eigenvalue weighted by Crippen LogP contribution is 2.33. The molecule has 0 aliphatic carbocycles. The van der Waals surface area contributed by atoms with E-state index >= 15 is 0 Å². The van der Waals surface area contributed by atoms with E-state index in [1.54, 1.807) is 7.11 Å². The molecule has 3 nitrogen and oxygen atoms in total. The van der Waals surface area contributed by atoms with E-state index in [0.29, 0.717) is 0 Å². The topological polar surface area (TPSA) is 34.4 Å². The summed E-state index contributed by atoms with van der Waals surface area (Å²) in [6.45, 7) is 8.05. The summed E-state index contributed by atoms with van der Waals surface area (Å²) in [5, 5.41) is 4.46. The largest absolute Gasteiger partial charge is 0.493 e. The maximum Gasteiger partial charge on any atom is 0.176 e. The zero-order chi connectivity index (χ0) is 13.1. The maximum absolute atomic E-state index is 5.93. The van der Waals surface area contributed by atoms with E-state index in [1.807, 2.05) is 0 Å². The summed E-state index contributed by atoms with van der Waals surface area (Å²) in [5.41, 5.74) is 3.35. The fourth-order valence-corrected chi connectivity index (χ4v) is 2.16. The van der Waals surface area contributed by atoms with Crippen LogP contribution in [0.25, 0.3) is 11.0 Å². The number of benzene rings is 1. The number of fused-ring (bicyclic) bond motifs is 1. The molecule has 1 N–H and O–H groups in total. The molecule has 0 spiro atoms. The molecule has 0 saturated carbocycles. The molecule has 0 aliphatic rings. The maximum atomic E-state index is 5.93. The summed E-state index contributed by atoms with van der Waals surface area (Å²) in [5.74, 6) is 1.83. The smallest absolute Gasteiger partial charge is 0.176 e. The Bertz CT molecular complexity index is 543. The molecule has 1 aromatic carbocycles. The molecule has 0 unspecified atom stereocenters. The number of nitrogens with one attached hydrogen (secondary N) is 1. The molecule has 2 rings (SSSR count). The Morgan fingerprint density at radius 2 is 2.06 bits per heavy atom. The lowest BCUT2D eigenvalue weighted by Gasteiger charge is -2.03. The number of methoxy groups -OCH3 is 1. The van der Waals surface area contributed by atoms with Crippen molar-refractivity contribution in [3.05, 3.63) is 29.0 Å². The van der Waals surface area contributed by atoms with E-state index in [9.17, 15) is 0 Å². The van der Waals surface area contributed by atoms with E-state index < -0.39 is 0 Å². The van der Waals surface area contributed by atoms with Crippen LogP contribution in [0.3, 0.4) is 0 Å². The molecule has 1 heterocycles. The molecule has 0 atom stereocenters. The van der Waals surface area contributed by atoms with Crippen LogP contribution < -0.4 is 10.1 Å². The number of aryl methyl sites for hydroxylation is 2. The van der Waals surface area contributed by atoms with E-state index in [1.165, 1.54) is 16.5 Å². The van der Waals surface area contributed by atoms with Gasteiger partial charge in [-0.15, -0.1) is 0 Å². The van der Waals surface area contributed by atoms with Gasteiger partial charge >= 0.3 is 0 Å². The Kier molecular flexibility index (Phi) is 3.92. The lowest BCUT2D eigenvalue weighted by atomic mass is 10.1. The van der Waals surface area contributed by atoms with Crippen LogP contribution >= 0.6 is 0 Å². The molecule has 0 radical (unpaired) electrons. The summed E-state index contributed by atoms with van der Waals surface area (Å²) >= 11 is 0. The van der Waals surface area contributed by atoms with E-state index in [0.717, 1.165) is 36.6 Å². The van der Waals surface area contributed by atoms with Crippen LogP contribution in [0.15, 0.2) is 16.5 Å². The van der Waals surface area contributed by atoms with Crippen molar-refractivity contribution in [3.63, 3.8) is 0 Å². The number of hydrogen-bond acceptors (Lipinski definition) is 3. The second-order valence-electron chi connectivity index (χ2n) is 4.46. The fraction of sp³-hybridized carbons (Fsp3) is 0.467. The van der Waals surface area contributed by atoms with Crippen molar-refractivity contribution in [2.45, 2.75) is 33.7 Å². The SMILES string of the molecule is CCNCc1oc2c(OC)cc(CC)cc2c1C. The second-order valence-corrected chi connectivity index (χ2v) is 4.46. The van der Waals surface area contributed by atoms with Gasteiger partial charge in [0, 0.05) is 5.39 Å². The predicted molar refractivity (Wildman–Crippen MR) is 74.3 cm³/mol. The van der Waals surface area contributed by atoms with Crippen LogP contribution in [-0.2, 0) is 13.0 Å². The van der Waals surface area contributed by atoms with Crippen molar-refractivity contribution in [3.8, 4) is 5.75 Å². The van der Waals surface area contributed by atoms with Gasteiger partial charge in [-0.05, 0) is 43.1 Å². The van der Waals surface area contributed by atoms with Gasteiger partial charge in [-0.25, -0.2) is 0 Å². The molecule has 18 heavy (non-hydrogen) atoms. The summed E-state index contributed by atoms with van der Waals surface area (Å²) in [6.07, 6.45) is 0.999. The third-order valence-electron chi connectivity index (χ3n) is 3.33. The quantitative estimate of drug-likeness (QED) is 0.879. The third-order valence-corrected chi connectivity index (χ3v) is 3.33. The minimum atomic E-state index is 0.766. The van der Waals surface area contributed by atoms with Crippen LogP contribution in [0.1, 0.15) is 30.7 Å². The Labute approximate surface area is 108 Å². The highest BCUT2D eigenvalue weighted by molar-refractivity contribution is 5.88. The molecule has 2 aromatic rings. The van der Waals surface area contributed by atoms with E-state index in [-0.39, 0.29) is 0 Å². The van der Waals surface area contributed by atoms with Gasteiger partial charge in [-0.1, -0.05) is 13.8 Å². The average Bonchev–Trinajstić information content (AvgIpc) is 2.72. The van der Waals surface area contributed by atoms with Crippen LogP contribution in [-0.4, -0.2) is 13.7 Å². The first kappa shape index (κ1) is 13.0. The lowest BCUT2D eigenvalue weighted by Crippen LogP contribution is -2.11. The average molecular weight is 247 g/mol. The third kappa shape index (κ3) is 2.23. The standard InChI is InChI=1S/C15H21NO2/c1-5-11-7-12-10(3)14(9-16-6-2)18-15(12)13(8-11)17-4/h7-8,16H,5-6,9H2,1-4H3. The minimum absolute atomic E-state index is 0.766. The Morgan fingerprint density at radius 3 is 2.67 bits per heavy atom. The van der Waals surface area contributed by atoms with Gasteiger partial charge in [0.25, 0.3) is 0 Å². The Balaban J connectivity index is 2.55. The van der Waals surface area contributed by atoms with Gasteiger partial charge < -0.3 is 14.5 Å². The molecule has 0 saturated heterocycles. The van der Waals surface area contributed by atoms with Crippen LogP contribution in [0.5, 0.6) is 5.75 Å². The Hall–Kier alpha value is -1.48. The van der Waals surface area contributed by atoms with Gasteiger partial charge in [-0.2, -0.15) is 0 Å². The highest BCUT2D eigenvalue weighted by atomic mass is 16.5. The van der Waals surface area contributed by atoms with Crippen LogP contribution in [0, 0.1) is 6.92 Å². The zero-order valence-corrected chi connectivity index (χ0v) is 11.6. The van der Waals surface area contributed by atoms with Crippen molar-refractivity contribution in [2.75, 3.05) is 13.7 Å². The van der Waals surface area contributed by atoms with Gasteiger partial charge in [-0.3, -0.25) is 0 Å². The van der Waals surface area contributed by atoms with E-state index in [2.05, 4.69) is 38.2 Å². The van der Waals surface area contributed by atoms with E-state index in [4.69, 9.17) is 9.15 Å². The molecular weight excluding hydrogens is 226 g/mol. The summed E-state index contributed by atoms with van der Waals surface area (Å²) < 4.78 is 11.4. The molecule has 98 valence electrons. The molecule has 3 heteroatoms. The first-order chi connectivity index (χ1) is 8.71. The predicted octanol–water partition coefficient (Wildman–Crippen LogP) is 3.42. The minimum Gasteiger partial charge on any atom is -0.493 e. The number of hydrogen-bond donors (Lipinski definition) is 1. The van der Waals surface area contributed by atoms with Gasteiger partial charge in [0.1, 0.15) is 5.76 Å². The first-order valence-electron chi connectivity index (χ1n) is 6.50. The Morgan fingerprint density at radius 1 is 1.28 bits per heavy atom. The summed E-state index contributed by atoms with van der Waals surface area (Å²) in [6, 6.07) is 4.26. The molecular formula is C15H21NO2. The monoisotopic (exact) mass is 247 g/mol. The van der Waals surface area contributed by atoms with Crippen molar-refractivity contribution in [1.29, 1.82) is 0 Å². The lowest BCUT2D eigenvalue weighted by molar-refractivity contribution is 0.406. The molecule has 0 aliphatic heterocycles. The van der Waals surface area contributed by atoms with Crippen LogP contribution in [0.4, 0.5) is 0 Å². The normalized spacial score (nSPS) is 11.1. The number of rotatable bonds is 5. The van der Waals surface area contributed by atoms with Gasteiger partial charge in [0.05, 0.1) is 13.7 Å². The second kappa shape index (κ2) is 5.44. The molecule has 0 amide bonds. The molecule has 1 aromatic heterocycles. The highest BCUT2D eigenvalue weighted by Gasteiger charge is 2.14. The van der Waals surface area contributed by atoms with Crippen LogP contribution in [0.2, 0.25) is 0 Å². The van der Waals surface area contributed by atoms with Crippen molar-refractivity contribution in [2.24, 2.45) is 0 Å². The first-order valence-corrected chi connectivity index (χ1v) is 6.50. The van der Waals surface area contributed by atoms with Crippen molar-refractivity contribution in [1.82, 2.24) is 5.32 Å². The molecule has 0 fully saturated rings. The number of furan rings is 1. The fourth-order valence-electron chi connectivity index (χ4n) is 2.16. The van der Waals surface area contributed by atoms with Crippen molar-refractivity contribution >= 4 is 11.0 Å². The number of ether oxygens (including phenoxy) is 1. The zero-order valence-electron chi connectivity index (χ0n) is 11.6. The van der Waals surface area contributed by atoms with Gasteiger partial charge in [0.15, 0.2) is 11.3 Å². The van der Waals surface area contributed by atoms with Gasteiger partial charge in [0.2, 0.25) is 0 Å². The summed E-state index contributed by atoms with van der Waals surface area (Å²) in [7, 11) is 1.69. The van der Waals surface area contributed by atoms with Crippen molar-refractivity contribution < 1.29 is 9.15 Å². The molecule has 0 bridgehead atoms. The summed E-state index contributed by atoms with van der Waals surface area (Å²) in [4.78, 5) is 0.